The van der Waals surface area contributed by atoms with Gasteiger partial charge in [-0.25, -0.2) is 0 Å². The van der Waals surface area contributed by atoms with Crippen molar-refractivity contribution in [2.45, 2.75) is 57.9 Å². The number of alkyl halides is 3. The van der Waals surface area contributed by atoms with E-state index in [2.05, 4.69) is 10.1 Å². The molecule has 0 aliphatic carbocycles. The van der Waals surface area contributed by atoms with E-state index in [-0.39, 0.29) is 42.9 Å². The van der Waals surface area contributed by atoms with E-state index in [0.717, 1.165) is 23.0 Å². The first-order valence-corrected chi connectivity index (χ1v) is 12.8. The fourth-order valence-corrected chi connectivity index (χ4v) is 4.12. The van der Waals surface area contributed by atoms with Gasteiger partial charge >= 0.3 is 12.3 Å². The van der Waals surface area contributed by atoms with Crippen LogP contribution in [0.4, 0.5) is 13.2 Å². The number of carbonyl (C=O) groups is 3. The molecule has 0 aromatic heterocycles. The average molecular weight is 556 g/mol. The predicted molar refractivity (Wildman–Crippen MR) is 145 cm³/mol. The molecule has 0 saturated heterocycles. The molecule has 0 fully saturated rings. The van der Waals surface area contributed by atoms with Crippen molar-refractivity contribution in [2.75, 3.05) is 6.54 Å². The first kappa shape index (κ1) is 30.4. The molecule has 6 nitrogen and oxygen atoms in total. The summed E-state index contributed by atoms with van der Waals surface area (Å²) in [6.45, 7) is 5.49. The molecule has 0 heterocycles. The van der Waals surface area contributed by atoms with Gasteiger partial charge in [0.05, 0.1) is 6.42 Å². The number of benzene rings is 3. The zero-order valence-corrected chi connectivity index (χ0v) is 22.6. The monoisotopic (exact) mass is 555 g/mol. The van der Waals surface area contributed by atoms with Crippen LogP contribution in [0.25, 0.3) is 11.1 Å². The molecule has 1 amide bonds. The molecule has 1 N–H and O–H groups in total. The van der Waals surface area contributed by atoms with Crippen LogP contribution in [0.15, 0.2) is 72.8 Å². The highest BCUT2D eigenvalue weighted by atomic mass is 19.4. The summed E-state index contributed by atoms with van der Waals surface area (Å²) in [5.41, 5.74) is 3.20. The summed E-state index contributed by atoms with van der Waals surface area (Å²) in [5.74, 6) is -1.13. The van der Waals surface area contributed by atoms with Crippen LogP contribution in [0.1, 0.15) is 61.0 Å². The quantitative estimate of drug-likeness (QED) is 0.212. The summed E-state index contributed by atoms with van der Waals surface area (Å²) in [6.07, 6.45) is -3.02. The van der Waals surface area contributed by atoms with E-state index >= 15 is 0 Å². The minimum atomic E-state index is -4.76. The number of halogens is 3. The Labute approximate surface area is 231 Å². The van der Waals surface area contributed by atoms with E-state index in [1.807, 2.05) is 36.4 Å². The van der Waals surface area contributed by atoms with Crippen molar-refractivity contribution in [3.63, 3.8) is 0 Å². The van der Waals surface area contributed by atoms with E-state index in [1.54, 1.807) is 45.0 Å². The smallest absolute Gasteiger partial charge is 0.460 e. The van der Waals surface area contributed by atoms with Crippen molar-refractivity contribution in [1.82, 2.24) is 5.32 Å². The van der Waals surface area contributed by atoms with Gasteiger partial charge in [0.15, 0.2) is 0 Å². The normalized spacial score (nSPS) is 12.3. The molecule has 0 spiro atoms. The maximum absolute atomic E-state index is 12.5. The fraction of sp³-hybridized carbons (Fsp3) is 0.323. The highest BCUT2D eigenvalue weighted by Gasteiger charge is 2.31. The molecule has 0 aliphatic rings. The largest absolute Gasteiger partial charge is 0.573 e. The van der Waals surface area contributed by atoms with Crippen LogP contribution in [-0.4, -0.2) is 36.7 Å². The van der Waals surface area contributed by atoms with Gasteiger partial charge in [-0.1, -0.05) is 48.5 Å². The Morgan fingerprint density at radius 1 is 0.925 bits per heavy atom. The Kier molecular flexibility index (Phi) is 10.1. The number of nitrogens with one attached hydrogen (secondary N) is 1. The SMILES string of the molecule is CC(C)(C)OC(=O)CCNC(=O)c1ccc(CC(CC=O)c2cccc(-c3ccc(OC(F)(F)F)cc3)c2)cc1. The number of hydrogen-bond donors (Lipinski definition) is 1. The fourth-order valence-electron chi connectivity index (χ4n) is 4.12. The van der Waals surface area contributed by atoms with Crippen molar-refractivity contribution >= 4 is 18.2 Å². The molecular weight excluding hydrogens is 523 g/mol. The van der Waals surface area contributed by atoms with Crippen molar-refractivity contribution in [3.05, 3.63) is 89.5 Å². The van der Waals surface area contributed by atoms with Gasteiger partial charge in [-0.15, -0.1) is 13.2 Å². The van der Waals surface area contributed by atoms with Crippen LogP contribution in [0, 0.1) is 0 Å². The Morgan fingerprint density at radius 2 is 1.60 bits per heavy atom. The highest BCUT2D eigenvalue weighted by molar-refractivity contribution is 5.94. The third kappa shape index (κ3) is 9.87. The Morgan fingerprint density at radius 3 is 2.20 bits per heavy atom. The average Bonchev–Trinajstić information content (AvgIpc) is 2.87. The van der Waals surface area contributed by atoms with Gasteiger partial charge in [0.1, 0.15) is 17.6 Å². The second-order valence-electron chi connectivity index (χ2n) is 10.3. The molecular formula is C31H32F3NO5. The Balaban J connectivity index is 1.64. The van der Waals surface area contributed by atoms with E-state index < -0.39 is 12.0 Å². The molecule has 40 heavy (non-hydrogen) atoms. The van der Waals surface area contributed by atoms with E-state index in [9.17, 15) is 27.6 Å². The van der Waals surface area contributed by atoms with E-state index in [1.165, 1.54) is 12.1 Å². The third-order valence-electron chi connectivity index (χ3n) is 5.89. The Bertz CT molecular complexity index is 1300. The van der Waals surface area contributed by atoms with Crippen molar-refractivity contribution < 1.29 is 37.0 Å². The van der Waals surface area contributed by atoms with E-state index in [4.69, 9.17) is 4.74 Å². The van der Waals surface area contributed by atoms with Crippen LogP contribution in [-0.2, 0) is 20.7 Å². The van der Waals surface area contributed by atoms with Crippen LogP contribution < -0.4 is 10.1 Å². The highest BCUT2D eigenvalue weighted by Crippen LogP contribution is 2.30. The topological polar surface area (TPSA) is 81.7 Å². The third-order valence-corrected chi connectivity index (χ3v) is 5.89. The number of rotatable bonds is 11. The standard InChI is InChI=1S/C31H32F3NO5/c1-30(2,3)40-28(37)15-17-35-29(38)23-9-7-21(8-10-23)19-26(16-18-36)25-6-4-5-24(20-25)22-11-13-27(14-12-22)39-31(32,33)34/h4-14,18,20,26H,15-17,19H2,1-3H3,(H,35,38). The van der Waals surface area contributed by atoms with Crippen molar-refractivity contribution in [2.24, 2.45) is 0 Å². The lowest BCUT2D eigenvalue weighted by molar-refractivity contribution is -0.274. The molecule has 212 valence electrons. The summed E-state index contributed by atoms with van der Waals surface area (Å²) < 4.78 is 46.5. The van der Waals surface area contributed by atoms with E-state index in [0.29, 0.717) is 17.5 Å². The maximum atomic E-state index is 12.5. The van der Waals surface area contributed by atoms with Crippen LogP contribution in [0.2, 0.25) is 0 Å². The molecule has 3 rings (SSSR count). The lowest BCUT2D eigenvalue weighted by Crippen LogP contribution is -2.29. The molecule has 0 aliphatic heterocycles. The van der Waals surface area contributed by atoms with Gasteiger partial charge in [0.25, 0.3) is 5.91 Å². The molecule has 1 unspecified atom stereocenters. The molecule has 1 atom stereocenters. The second-order valence-corrected chi connectivity index (χ2v) is 10.3. The van der Waals surface area contributed by atoms with Gasteiger partial charge < -0.3 is 19.6 Å². The Hall–Kier alpha value is -4.14. The lowest BCUT2D eigenvalue weighted by Gasteiger charge is -2.19. The minimum absolute atomic E-state index is 0.0685. The summed E-state index contributed by atoms with van der Waals surface area (Å²) in [4.78, 5) is 35.7. The van der Waals surface area contributed by atoms with Crippen molar-refractivity contribution in [1.29, 1.82) is 0 Å². The minimum Gasteiger partial charge on any atom is -0.460 e. The second kappa shape index (κ2) is 13.3. The van der Waals surface area contributed by atoms with Gasteiger partial charge in [-0.3, -0.25) is 9.59 Å². The maximum Gasteiger partial charge on any atom is 0.573 e. The van der Waals surface area contributed by atoms with Gasteiger partial charge in [0.2, 0.25) is 0 Å². The molecule has 9 heteroatoms. The summed E-state index contributed by atoms with van der Waals surface area (Å²) in [7, 11) is 0. The van der Waals surface area contributed by atoms with Gasteiger partial charge in [0, 0.05) is 18.5 Å². The molecule has 0 radical (unpaired) electrons. The molecule has 0 bridgehead atoms. The number of ether oxygens (including phenoxy) is 2. The summed E-state index contributed by atoms with van der Waals surface area (Å²) >= 11 is 0. The summed E-state index contributed by atoms with van der Waals surface area (Å²) in [5, 5.41) is 2.71. The first-order chi connectivity index (χ1) is 18.8. The van der Waals surface area contributed by atoms with Crippen molar-refractivity contribution in [3.8, 4) is 16.9 Å². The van der Waals surface area contributed by atoms with Crippen LogP contribution in [0.5, 0.6) is 5.75 Å². The number of esters is 1. The first-order valence-electron chi connectivity index (χ1n) is 12.8. The lowest BCUT2D eigenvalue weighted by atomic mass is 9.88. The van der Waals surface area contributed by atoms with Crippen LogP contribution >= 0.6 is 0 Å². The van der Waals surface area contributed by atoms with Gasteiger partial charge in [-0.05, 0) is 79.6 Å². The molecule has 3 aromatic carbocycles. The zero-order valence-electron chi connectivity index (χ0n) is 22.6. The van der Waals surface area contributed by atoms with Gasteiger partial charge in [-0.2, -0.15) is 0 Å². The molecule has 0 saturated carbocycles. The zero-order chi connectivity index (χ0) is 29.3. The predicted octanol–water partition coefficient (Wildman–Crippen LogP) is 6.63. The number of carbonyl (C=O) groups excluding carboxylic acids is 3. The van der Waals surface area contributed by atoms with Crippen LogP contribution in [0.3, 0.4) is 0 Å². The molecule has 3 aromatic rings. The number of aldehydes is 1. The summed E-state index contributed by atoms with van der Waals surface area (Å²) in [6, 6.07) is 20.2. The number of hydrogen-bond acceptors (Lipinski definition) is 5. The number of amides is 1.